The molecule has 146 valence electrons. The van der Waals surface area contributed by atoms with Gasteiger partial charge in [-0.2, -0.15) is 0 Å². The van der Waals surface area contributed by atoms with Crippen molar-refractivity contribution in [3.05, 3.63) is 52.2 Å². The lowest BCUT2D eigenvalue weighted by Gasteiger charge is -2.32. The van der Waals surface area contributed by atoms with Crippen LogP contribution in [-0.2, 0) is 19.4 Å². The van der Waals surface area contributed by atoms with E-state index < -0.39 is 0 Å². The van der Waals surface area contributed by atoms with E-state index >= 15 is 0 Å². The number of benzene rings is 1. The normalized spacial score (nSPS) is 18.3. The second-order valence-electron chi connectivity index (χ2n) is 8.19. The van der Waals surface area contributed by atoms with E-state index in [2.05, 4.69) is 40.5 Å². The average Bonchev–Trinajstić information content (AvgIpc) is 3.08. The Bertz CT molecular complexity index is 958. The second-order valence-corrected chi connectivity index (χ2v) is 9.27. The van der Waals surface area contributed by atoms with E-state index in [1.165, 1.54) is 59.9 Å². The number of nitrogens with one attached hydrogen (secondary N) is 1. The Morgan fingerprint density at radius 1 is 1.07 bits per heavy atom. The largest absolute Gasteiger partial charge is 0.367 e. The first-order chi connectivity index (χ1) is 13.8. The Balaban J connectivity index is 1.30. The van der Waals surface area contributed by atoms with Crippen molar-refractivity contribution in [1.29, 1.82) is 0 Å². The molecule has 2 aromatic heterocycles. The molecule has 1 aromatic carbocycles. The molecule has 1 aliphatic heterocycles. The molecule has 1 N–H and O–H groups in total. The molecule has 0 amide bonds. The number of piperidine rings is 1. The number of hydrogen-bond acceptors (Lipinski definition) is 5. The van der Waals surface area contributed by atoms with Crippen molar-refractivity contribution in [2.45, 2.75) is 58.0 Å². The van der Waals surface area contributed by atoms with Crippen LogP contribution in [0, 0.1) is 6.92 Å². The smallest absolute Gasteiger partial charge is 0.139 e. The number of anilines is 1. The van der Waals surface area contributed by atoms with Gasteiger partial charge in [-0.3, -0.25) is 4.90 Å². The molecule has 0 spiro atoms. The number of hydrogen-bond donors (Lipinski definition) is 1. The molecule has 28 heavy (non-hydrogen) atoms. The van der Waals surface area contributed by atoms with Crippen LogP contribution in [0.2, 0.25) is 0 Å². The third-order valence-electron chi connectivity index (χ3n) is 6.10. The third-order valence-corrected chi connectivity index (χ3v) is 7.29. The zero-order chi connectivity index (χ0) is 18.9. The van der Waals surface area contributed by atoms with Crippen LogP contribution in [-0.4, -0.2) is 34.0 Å². The quantitative estimate of drug-likeness (QED) is 0.682. The van der Waals surface area contributed by atoms with Crippen molar-refractivity contribution in [1.82, 2.24) is 14.9 Å². The van der Waals surface area contributed by atoms with E-state index in [-0.39, 0.29) is 0 Å². The highest BCUT2D eigenvalue weighted by Gasteiger charge is 2.24. The fourth-order valence-corrected chi connectivity index (χ4v) is 5.95. The van der Waals surface area contributed by atoms with Crippen molar-refractivity contribution >= 4 is 27.4 Å². The van der Waals surface area contributed by atoms with E-state index in [0.29, 0.717) is 6.04 Å². The van der Waals surface area contributed by atoms with Crippen LogP contribution in [0.5, 0.6) is 0 Å². The van der Waals surface area contributed by atoms with E-state index in [1.54, 1.807) is 4.88 Å². The number of rotatable bonds is 4. The van der Waals surface area contributed by atoms with Gasteiger partial charge in [0.1, 0.15) is 16.5 Å². The molecule has 1 fully saturated rings. The average molecular weight is 393 g/mol. The maximum absolute atomic E-state index is 4.83. The SMILES string of the molecule is Cc1nc(NC2CCN(Cc3ccccc3)CC2)c2c3c(sc2n1)CCCC3. The molecule has 5 heteroatoms. The minimum atomic E-state index is 0.503. The van der Waals surface area contributed by atoms with Crippen LogP contribution in [0.3, 0.4) is 0 Å². The predicted octanol–water partition coefficient (Wildman–Crippen LogP) is 4.96. The van der Waals surface area contributed by atoms with E-state index in [9.17, 15) is 0 Å². The summed E-state index contributed by atoms with van der Waals surface area (Å²) < 4.78 is 0. The number of likely N-dealkylation sites (tertiary alicyclic amines) is 1. The predicted molar refractivity (Wildman–Crippen MR) is 117 cm³/mol. The highest BCUT2D eigenvalue weighted by Crippen LogP contribution is 2.39. The van der Waals surface area contributed by atoms with Crippen LogP contribution < -0.4 is 5.32 Å². The summed E-state index contributed by atoms with van der Waals surface area (Å²) in [5, 5.41) is 5.13. The van der Waals surface area contributed by atoms with Crippen LogP contribution in [0.15, 0.2) is 30.3 Å². The van der Waals surface area contributed by atoms with Gasteiger partial charge < -0.3 is 5.32 Å². The number of nitrogens with zero attached hydrogens (tertiary/aromatic N) is 3. The number of aryl methyl sites for hydroxylation is 3. The van der Waals surface area contributed by atoms with Crippen LogP contribution in [0.25, 0.3) is 10.2 Å². The molecule has 0 radical (unpaired) electrons. The lowest BCUT2D eigenvalue weighted by molar-refractivity contribution is 0.211. The molecule has 4 nitrogen and oxygen atoms in total. The monoisotopic (exact) mass is 392 g/mol. The highest BCUT2D eigenvalue weighted by molar-refractivity contribution is 7.19. The first-order valence-electron chi connectivity index (χ1n) is 10.6. The first-order valence-corrected chi connectivity index (χ1v) is 11.4. The standard InChI is InChI=1S/C23H28N4S/c1-16-24-22(21-19-9-5-6-10-20(19)28-23(21)25-16)26-18-11-13-27(14-12-18)15-17-7-3-2-4-8-17/h2-4,7-8,18H,5-6,9-15H2,1H3,(H,24,25,26). The Labute approximate surface area is 171 Å². The zero-order valence-electron chi connectivity index (χ0n) is 16.6. The number of fused-ring (bicyclic) bond motifs is 3. The van der Waals surface area contributed by atoms with Crippen molar-refractivity contribution in [2.75, 3.05) is 18.4 Å². The maximum atomic E-state index is 4.83. The first kappa shape index (κ1) is 18.1. The van der Waals surface area contributed by atoms with Gasteiger partial charge in [0.15, 0.2) is 0 Å². The fourth-order valence-electron chi connectivity index (χ4n) is 4.64. The zero-order valence-corrected chi connectivity index (χ0v) is 17.4. The van der Waals surface area contributed by atoms with Gasteiger partial charge in [-0.05, 0) is 56.6 Å². The molecule has 3 heterocycles. The van der Waals surface area contributed by atoms with E-state index in [4.69, 9.17) is 9.97 Å². The Hall–Kier alpha value is -1.98. The summed E-state index contributed by atoms with van der Waals surface area (Å²) in [6.07, 6.45) is 7.35. The molecule has 5 rings (SSSR count). The summed E-state index contributed by atoms with van der Waals surface area (Å²) in [5.41, 5.74) is 2.93. The summed E-state index contributed by atoms with van der Waals surface area (Å²) >= 11 is 1.89. The summed E-state index contributed by atoms with van der Waals surface area (Å²) in [7, 11) is 0. The molecule has 1 aliphatic carbocycles. The summed E-state index contributed by atoms with van der Waals surface area (Å²) in [6, 6.07) is 11.3. The van der Waals surface area contributed by atoms with Gasteiger partial charge in [0.25, 0.3) is 0 Å². The van der Waals surface area contributed by atoms with Gasteiger partial charge in [-0.1, -0.05) is 30.3 Å². The van der Waals surface area contributed by atoms with Crippen molar-refractivity contribution in [3.8, 4) is 0 Å². The Kier molecular flexibility index (Phi) is 5.03. The Morgan fingerprint density at radius 3 is 2.68 bits per heavy atom. The van der Waals surface area contributed by atoms with Gasteiger partial charge in [0.2, 0.25) is 0 Å². The maximum Gasteiger partial charge on any atom is 0.139 e. The van der Waals surface area contributed by atoms with Crippen LogP contribution in [0.4, 0.5) is 5.82 Å². The lowest BCUT2D eigenvalue weighted by atomic mass is 9.96. The van der Waals surface area contributed by atoms with Crippen LogP contribution in [0.1, 0.15) is 47.5 Å². The Morgan fingerprint density at radius 2 is 1.86 bits per heavy atom. The molecule has 0 atom stereocenters. The van der Waals surface area contributed by atoms with Crippen LogP contribution >= 0.6 is 11.3 Å². The highest BCUT2D eigenvalue weighted by atomic mass is 32.1. The fraction of sp³-hybridized carbons (Fsp3) is 0.478. The molecular weight excluding hydrogens is 364 g/mol. The van der Waals surface area contributed by atoms with Crippen molar-refractivity contribution in [3.63, 3.8) is 0 Å². The summed E-state index contributed by atoms with van der Waals surface area (Å²) in [4.78, 5) is 14.9. The lowest BCUT2D eigenvalue weighted by Crippen LogP contribution is -2.38. The molecular formula is C23H28N4S. The third kappa shape index (κ3) is 3.65. The summed E-state index contributed by atoms with van der Waals surface area (Å²) in [6.45, 7) is 5.36. The molecule has 1 saturated heterocycles. The molecule has 0 unspecified atom stereocenters. The number of aromatic nitrogens is 2. The molecule has 2 aliphatic rings. The van der Waals surface area contributed by atoms with Gasteiger partial charge in [-0.25, -0.2) is 9.97 Å². The van der Waals surface area contributed by atoms with E-state index in [1.807, 2.05) is 18.3 Å². The topological polar surface area (TPSA) is 41.1 Å². The molecule has 3 aromatic rings. The van der Waals surface area contributed by atoms with Gasteiger partial charge in [-0.15, -0.1) is 11.3 Å². The summed E-state index contributed by atoms with van der Waals surface area (Å²) in [5.74, 6) is 1.97. The van der Waals surface area contributed by atoms with Crippen molar-refractivity contribution < 1.29 is 0 Å². The van der Waals surface area contributed by atoms with E-state index in [0.717, 1.165) is 31.3 Å². The number of thiophene rings is 1. The van der Waals surface area contributed by atoms with Crippen molar-refractivity contribution in [2.24, 2.45) is 0 Å². The van der Waals surface area contributed by atoms with Gasteiger partial charge in [0, 0.05) is 30.6 Å². The molecule has 0 saturated carbocycles. The minimum absolute atomic E-state index is 0.503. The minimum Gasteiger partial charge on any atom is -0.367 e. The second kappa shape index (κ2) is 7.80. The van der Waals surface area contributed by atoms with Gasteiger partial charge in [0.05, 0.1) is 5.39 Å². The van der Waals surface area contributed by atoms with Gasteiger partial charge >= 0.3 is 0 Å². The molecule has 0 bridgehead atoms.